The molecular weight excluding hydrogens is 309 g/mol. The van der Waals surface area contributed by atoms with Crippen LogP contribution in [0.3, 0.4) is 0 Å². The summed E-state index contributed by atoms with van der Waals surface area (Å²) in [6.07, 6.45) is 2.09. The van der Waals surface area contributed by atoms with Crippen LogP contribution in [0.15, 0.2) is 47.1 Å². The molecule has 0 saturated carbocycles. The maximum atomic E-state index is 12.9. The number of nitrogens with zero attached hydrogens (tertiary/aromatic N) is 1. The van der Waals surface area contributed by atoms with E-state index >= 15 is 0 Å². The fourth-order valence-electron chi connectivity index (χ4n) is 2.03. The molecule has 0 fully saturated rings. The van der Waals surface area contributed by atoms with E-state index in [1.165, 1.54) is 12.1 Å². The van der Waals surface area contributed by atoms with Gasteiger partial charge in [0, 0.05) is 10.9 Å². The monoisotopic (exact) mass is 323 g/mol. The smallest absolute Gasteiger partial charge is 0.141 e. The molecule has 0 saturated heterocycles. The minimum Gasteiger partial charge on any atom is -0.383 e. The van der Waals surface area contributed by atoms with Crippen molar-refractivity contribution in [3.8, 4) is 0 Å². The Morgan fingerprint density at radius 2 is 2.11 bits per heavy atom. The molecule has 1 N–H and O–H groups in total. The molecule has 0 aliphatic carbocycles. The minimum absolute atomic E-state index is 0.398. The van der Waals surface area contributed by atoms with Crippen molar-refractivity contribution in [3.63, 3.8) is 0 Å². The largest absolute Gasteiger partial charge is 0.383 e. The lowest BCUT2D eigenvalue weighted by Crippen LogP contribution is -2.29. The molecule has 19 heavy (non-hydrogen) atoms. The quantitative estimate of drug-likeness (QED) is 0.927. The molecule has 2 rings (SSSR count). The zero-order valence-corrected chi connectivity index (χ0v) is 12.2. The molecule has 1 aromatic heterocycles. The number of hydrogen-bond donors (Lipinski definition) is 1. The van der Waals surface area contributed by atoms with Crippen molar-refractivity contribution in [1.29, 1.82) is 0 Å². The Hall–Kier alpha value is -1.26. The Kier molecular flexibility index (Phi) is 4.32. The predicted octanol–water partition coefficient (Wildman–Crippen LogP) is 3.82. The van der Waals surface area contributed by atoms with Crippen LogP contribution in [-0.4, -0.2) is 10.1 Å². The minimum atomic E-state index is -1.07. The lowest BCUT2D eigenvalue weighted by Gasteiger charge is -2.26. The molecule has 4 heteroatoms. The number of aromatic nitrogens is 1. The first-order valence-electron chi connectivity index (χ1n) is 6.12. The van der Waals surface area contributed by atoms with Gasteiger partial charge in [0.2, 0.25) is 0 Å². The van der Waals surface area contributed by atoms with E-state index in [4.69, 9.17) is 0 Å². The second kappa shape index (κ2) is 5.80. The third-order valence-electron chi connectivity index (χ3n) is 3.17. The van der Waals surface area contributed by atoms with E-state index in [1.54, 1.807) is 0 Å². The number of hydrogen-bond acceptors (Lipinski definition) is 2. The summed E-state index contributed by atoms with van der Waals surface area (Å²) in [5, 5.41) is 10.7. The van der Waals surface area contributed by atoms with Crippen LogP contribution in [0.25, 0.3) is 0 Å². The average molecular weight is 324 g/mol. The average Bonchev–Trinajstić information content (AvgIpc) is 2.39. The van der Waals surface area contributed by atoms with Crippen LogP contribution in [0.1, 0.15) is 24.6 Å². The third-order valence-corrected chi connectivity index (χ3v) is 3.67. The van der Waals surface area contributed by atoms with Crippen LogP contribution in [-0.2, 0) is 12.0 Å². The first-order valence-corrected chi connectivity index (χ1v) is 6.91. The molecule has 0 aliphatic rings. The highest BCUT2D eigenvalue weighted by molar-refractivity contribution is 9.10. The number of aliphatic hydroxyl groups is 1. The molecule has 1 heterocycles. The van der Waals surface area contributed by atoms with E-state index in [2.05, 4.69) is 20.9 Å². The Balaban J connectivity index is 2.29. The molecule has 0 amide bonds. The Bertz CT molecular complexity index is 558. The van der Waals surface area contributed by atoms with E-state index in [0.717, 1.165) is 16.2 Å². The normalized spacial score (nSPS) is 14.1. The Morgan fingerprint density at radius 1 is 1.32 bits per heavy atom. The summed E-state index contributed by atoms with van der Waals surface area (Å²) in [7, 11) is 0. The van der Waals surface area contributed by atoms with E-state index in [9.17, 15) is 9.50 Å². The van der Waals surface area contributed by atoms with Gasteiger partial charge in [0.1, 0.15) is 11.4 Å². The zero-order valence-electron chi connectivity index (χ0n) is 10.6. The Morgan fingerprint density at radius 3 is 2.68 bits per heavy atom. The van der Waals surface area contributed by atoms with Crippen LogP contribution in [0.4, 0.5) is 4.39 Å². The van der Waals surface area contributed by atoms with Gasteiger partial charge in [-0.05, 0) is 36.2 Å². The van der Waals surface area contributed by atoms with Crippen molar-refractivity contribution in [2.75, 3.05) is 0 Å². The van der Waals surface area contributed by atoms with Gasteiger partial charge in [-0.2, -0.15) is 0 Å². The van der Waals surface area contributed by atoms with Gasteiger partial charge in [-0.15, -0.1) is 0 Å². The zero-order chi connectivity index (χ0) is 13.9. The van der Waals surface area contributed by atoms with Gasteiger partial charge < -0.3 is 5.11 Å². The molecule has 2 aromatic rings. The highest BCUT2D eigenvalue weighted by atomic mass is 79.9. The molecule has 0 spiro atoms. The summed E-state index contributed by atoms with van der Waals surface area (Å²) in [5.74, 6) is -0.398. The Labute approximate surface area is 120 Å². The maximum Gasteiger partial charge on any atom is 0.141 e. The number of halogens is 2. The van der Waals surface area contributed by atoms with Gasteiger partial charge in [0.25, 0.3) is 0 Å². The SMILES string of the molecule is CCC(O)(Cc1cccc(Br)c1)c1ccc(F)cn1. The number of pyridine rings is 1. The summed E-state index contributed by atoms with van der Waals surface area (Å²) in [5.41, 5.74) is 0.426. The van der Waals surface area contributed by atoms with Crippen LogP contribution in [0.5, 0.6) is 0 Å². The fourth-order valence-corrected chi connectivity index (χ4v) is 2.48. The van der Waals surface area contributed by atoms with Crippen LogP contribution >= 0.6 is 15.9 Å². The van der Waals surface area contributed by atoms with Crippen molar-refractivity contribution in [3.05, 3.63) is 64.1 Å². The summed E-state index contributed by atoms with van der Waals surface area (Å²) in [6.45, 7) is 1.89. The van der Waals surface area contributed by atoms with Crippen molar-refractivity contribution in [2.45, 2.75) is 25.4 Å². The first-order chi connectivity index (χ1) is 9.03. The molecule has 0 bridgehead atoms. The summed E-state index contributed by atoms with van der Waals surface area (Å²) in [4.78, 5) is 4.00. The molecule has 100 valence electrons. The van der Waals surface area contributed by atoms with Crippen molar-refractivity contribution in [1.82, 2.24) is 4.98 Å². The standard InChI is InChI=1S/C15H15BrFNO/c1-2-15(19,14-7-6-13(17)10-18-14)9-11-4-3-5-12(16)8-11/h3-8,10,19H,2,9H2,1H3. The van der Waals surface area contributed by atoms with E-state index in [0.29, 0.717) is 18.5 Å². The molecule has 1 unspecified atom stereocenters. The fraction of sp³-hybridized carbons (Fsp3) is 0.267. The maximum absolute atomic E-state index is 12.9. The summed E-state index contributed by atoms with van der Waals surface area (Å²) < 4.78 is 13.9. The van der Waals surface area contributed by atoms with Crippen molar-refractivity contribution < 1.29 is 9.50 Å². The van der Waals surface area contributed by atoms with Crippen molar-refractivity contribution in [2.24, 2.45) is 0 Å². The van der Waals surface area contributed by atoms with E-state index in [-0.39, 0.29) is 0 Å². The summed E-state index contributed by atoms with van der Waals surface area (Å²) >= 11 is 3.41. The molecule has 0 aliphatic heterocycles. The van der Waals surface area contributed by atoms with E-state index in [1.807, 2.05) is 31.2 Å². The first kappa shape index (κ1) is 14.2. The van der Waals surface area contributed by atoms with Gasteiger partial charge in [-0.1, -0.05) is 35.0 Å². The second-order valence-electron chi connectivity index (χ2n) is 4.55. The summed E-state index contributed by atoms with van der Waals surface area (Å²) in [6, 6.07) is 10.6. The highest BCUT2D eigenvalue weighted by Gasteiger charge is 2.29. The highest BCUT2D eigenvalue weighted by Crippen LogP contribution is 2.28. The molecule has 1 atom stereocenters. The van der Waals surface area contributed by atoms with Gasteiger partial charge in [-0.25, -0.2) is 4.39 Å². The molecular formula is C15H15BrFNO. The van der Waals surface area contributed by atoms with Crippen LogP contribution < -0.4 is 0 Å². The van der Waals surface area contributed by atoms with E-state index < -0.39 is 11.4 Å². The third kappa shape index (κ3) is 3.39. The lowest BCUT2D eigenvalue weighted by atomic mass is 9.88. The number of benzene rings is 1. The topological polar surface area (TPSA) is 33.1 Å². The molecule has 1 aromatic carbocycles. The van der Waals surface area contributed by atoms with Crippen LogP contribution in [0, 0.1) is 5.82 Å². The van der Waals surface area contributed by atoms with Gasteiger partial charge >= 0.3 is 0 Å². The molecule has 2 nitrogen and oxygen atoms in total. The lowest BCUT2D eigenvalue weighted by molar-refractivity contribution is 0.0282. The van der Waals surface area contributed by atoms with Crippen molar-refractivity contribution >= 4 is 15.9 Å². The van der Waals surface area contributed by atoms with Gasteiger partial charge in [-0.3, -0.25) is 4.98 Å². The predicted molar refractivity (Wildman–Crippen MR) is 76.2 cm³/mol. The van der Waals surface area contributed by atoms with Gasteiger partial charge in [0.05, 0.1) is 11.9 Å². The number of rotatable bonds is 4. The van der Waals surface area contributed by atoms with Gasteiger partial charge in [0.15, 0.2) is 0 Å². The van der Waals surface area contributed by atoms with Crippen LogP contribution in [0.2, 0.25) is 0 Å². The molecule has 0 radical (unpaired) electrons. The second-order valence-corrected chi connectivity index (χ2v) is 5.47.